The zero-order chi connectivity index (χ0) is 18.6. The molecule has 2 amide bonds. The van der Waals surface area contributed by atoms with E-state index in [1.54, 1.807) is 31.3 Å². The van der Waals surface area contributed by atoms with Crippen LogP contribution in [0, 0.1) is 40.4 Å². The average Bonchev–Trinajstić information content (AvgIpc) is 2.90. The van der Waals surface area contributed by atoms with Crippen LogP contribution in [0.5, 0.6) is 0 Å². The molecule has 0 aromatic heterocycles. The zero-order valence-electron chi connectivity index (χ0n) is 14.4. The van der Waals surface area contributed by atoms with Crippen LogP contribution < -0.4 is 4.90 Å². The number of hydrogen-bond donors (Lipinski definition) is 0. The maximum Gasteiger partial charge on any atom is 0.240 e. The lowest BCUT2D eigenvalue weighted by molar-refractivity contribution is -0.124. The van der Waals surface area contributed by atoms with Gasteiger partial charge in [0.25, 0.3) is 0 Å². The van der Waals surface area contributed by atoms with Gasteiger partial charge in [-0.3, -0.25) is 9.59 Å². The van der Waals surface area contributed by atoms with Crippen LogP contribution in [0.4, 0.5) is 5.69 Å². The first-order valence-corrected chi connectivity index (χ1v) is 8.39. The van der Waals surface area contributed by atoms with Gasteiger partial charge in [0.1, 0.15) is 17.7 Å². The molecule has 26 heavy (non-hydrogen) atoms. The van der Waals surface area contributed by atoms with Crippen molar-refractivity contribution < 1.29 is 9.59 Å². The molecule has 0 unspecified atom stereocenters. The van der Waals surface area contributed by atoms with Crippen molar-refractivity contribution in [2.24, 2.45) is 17.8 Å². The third-order valence-corrected chi connectivity index (χ3v) is 5.64. The molecule has 4 atom stereocenters. The average molecular weight is 344 g/mol. The largest absolute Gasteiger partial charge is 0.368 e. The number of fused-ring (bicyclic) bond motifs is 1. The summed E-state index contributed by atoms with van der Waals surface area (Å²) in [5.74, 6) is -1.97. The van der Waals surface area contributed by atoms with E-state index in [4.69, 9.17) is 0 Å². The number of benzene rings is 1. The van der Waals surface area contributed by atoms with Crippen molar-refractivity contribution in [3.05, 3.63) is 53.3 Å². The van der Waals surface area contributed by atoms with Crippen molar-refractivity contribution in [1.29, 1.82) is 10.5 Å². The van der Waals surface area contributed by atoms with Gasteiger partial charge in [-0.2, -0.15) is 10.5 Å². The second-order valence-electron chi connectivity index (χ2n) is 6.88. The number of allylic oxidation sites excluding steroid dienone is 2. The van der Waals surface area contributed by atoms with Crippen LogP contribution >= 0.6 is 0 Å². The number of hydrogen-bond acceptors (Lipinski definition) is 5. The normalized spacial score (nSPS) is 29.2. The Morgan fingerprint density at radius 2 is 1.65 bits per heavy atom. The lowest BCUT2D eigenvalue weighted by atomic mass is 9.65. The lowest BCUT2D eigenvalue weighted by Crippen LogP contribution is -2.55. The molecule has 2 fully saturated rings. The first kappa shape index (κ1) is 16.1. The Hall–Kier alpha value is -3.38. The Kier molecular flexibility index (Phi) is 3.45. The van der Waals surface area contributed by atoms with E-state index in [-0.39, 0.29) is 23.4 Å². The number of piperidine rings is 1. The van der Waals surface area contributed by atoms with Gasteiger partial charge < -0.3 is 4.90 Å². The second-order valence-corrected chi connectivity index (χ2v) is 6.88. The monoisotopic (exact) mass is 344 g/mol. The molecule has 3 aliphatic heterocycles. The molecule has 0 N–H and O–H groups in total. The van der Waals surface area contributed by atoms with Gasteiger partial charge in [0.05, 0.1) is 29.3 Å². The van der Waals surface area contributed by atoms with E-state index >= 15 is 0 Å². The Morgan fingerprint density at radius 3 is 2.27 bits per heavy atom. The van der Waals surface area contributed by atoms with Crippen molar-refractivity contribution in [3.8, 4) is 12.1 Å². The smallest absolute Gasteiger partial charge is 0.240 e. The minimum Gasteiger partial charge on any atom is -0.368 e. The molecule has 1 aromatic carbocycles. The van der Waals surface area contributed by atoms with Gasteiger partial charge in [-0.15, -0.1) is 0 Å². The molecule has 0 radical (unpaired) electrons. The zero-order valence-corrected chi connectivity index (χ0v) is 14.4. The summed E-state index contributed by atoms with van der Waals surface area (Å²) in [6, 6.07) is 12.5. The van der Waals surface area contributed by atoms with Crippen molar-refractivity contribution in [3.63, 3.8) is 0 Å². The number of rotatable bonds is 1. The Labute approximate surface area is 151 Å². The molecule has 0 saturated carbocycles. The number of amides is 2. The van der Waals surface area contributed by atoms with Gasteiger partial charge in [0.2, 0.25) is 11.8 Å². The van der Waals surface area contributed by atoms with Gasteiger partial charge in [-0.1, -0.05) is 29.8 Å². The molecule has 2 bridgehead atoms. The standard InChI is InChI=1S/C20H16N4O2/c1-11-8-14-15-16(17(11)23(2)18(14)12(9-21)10-22)20(26)24(19(15)25)13-6-4-3-5-7-13/h3-8,14-17H,1-2H3/t14-,15+,16+,17+/m1/s1. The van der Waals surface area contributed by atoms with E-state index in [9.17, 15) is 20.1 Å². The summed E-state index contributed by atoms with van der Waals surface area (Å²) in [5.41, 5.74) is 2.10. The first-order valence-electron chi connectivity index (χ1n) is 8.39. The van der Waals surface area contributed by atoms with Crippen molar-refractivity contribution in [2.75, 3.05) is 11.9 Å². The molecule has 0 spiro atoms. The number of anilines is 1. The summed E-state index contributed by atoms with van der Waals surface area (Å²) in [4.78, 5) is 29.4. The molecule has 1 aromatic rings. The molecule has 5 rings (SSSR count). The molecule has 6 nitrogen and oxygen atoms in total. The SMILES string of the molecule is CC1=C[C@H]2C(=C(C#N)C#N)N(C)[C@@H]1[C@H]1C(=O)N(c3ccccc3)C(=O)[C@H]12. The molecule has 4 aliphatic rings. The van der Waals surface area contributed by atoms with Crippen LogP contribution in [-0.4, -0.2) is 29.8 Å². The summed E-state index contributed by atoms with van der Waals surface area (Å²) < 4.78 is 0. The van der Waals surface area contributed by atoms with Gasteiger partial charge in [-0.25, -0.2) is 4.90 Å². The quantitative estimate of drug-likeness (QED) is 0.442. The number of imide groups is 1. The number of carbonyl (C=O) groups is 2. The Bertz CT molecular complexity index is 948. The van der Waals surface area contributed by atoms with Crippen LogP contribution in [0.3, 0.4) is 0 Å². The van der Waals surface area contributed by atoms with Crippen LogP contribution in [0.1, 0.15) is 6.92 Å². The summed E-state index contributed by atoms with van der Waals surface area (Å²) in [6.45, 7) is 1.93. The fourth-order valence-corrected chi connectivity index (χ4v) is 4.69. The minimum atomic E-state index is -0.570. The fraction of sp³-hybridized carbons (Fsp3) is 0.300. The number of nitriles is 2. The highest BCUT2D eigenvalue weighted by Gasteiger charge is 2.61. The molecule has 2 saturated heterocycles. The number of likely N-dealkylation sites (N-methyl/N-ethyl adjacent to an activating group) is 1. The lowest BCUT2D eigenvalue weighted by Gasteiger charge is -2.50. The summed E-state index contributed by atoms with van der Waals surface area (Å²) in [7, 11) is 1.79. The summed E-state index contributed by atoms with van der Waals surface area (Å²) in [6.07, 6.45) is 1.94. The highest BCUT2D eigenvalue weighted by atomic mass is 16.2. The third-order valence-electron chi connectivity index (χ3n) is 5.64. The van der Waals surface area contributed by atoms with Crippen LogP contribution in [0.25, 0.3) is 0 Å². The maximum atomic E-state index is 13.2. The minimum absolute atomic E-state index is 0.00288. The van der Waals surface area contributed by atoms with Gasteiger partial charge >= 0.3 is 0 Å². The highest BCUT2D eigenvalue weighted by Crippen LogP contribution is 2.52. The molecular weight excluding hydrogens is 328 g/mol. The predicted octanol–water partition coefficient (Wildman–Crippen LogP) is 1.98. The number of nitrogens with zero attached hydrogens (tertiary/aromatic N) is 4. The van der Waals surface area contributed by atoms with Crippen molar-refractivity contribution in [1.82, 2.24) is 4.90 Å². The summed E-state index contributed by atoms with van der Waals surface area (Å²) >= 11 is 0. The molecule has 6 heteroatoms. The van der Waals surface area contributed by atoms with Gasteiger partial charge in [-0.05, 0) is 19.1 Å². The highest BCUT2D eigenvalue weighted by molar-refractivity contribution is 6.23. The Morgan fingerprint density at radius 1 is 1.04 bits per heavy atom. The first-order chi connectivity index (χ1) is 12.5. The van der Waals surface area contributed by atoms with Crippen LogP contribution in [-0.2, 0) is 9.59 Å². The topological polar surface area (TPSA) is 88.2 Å². The molecular formula is C20H16N4O2. The van der Waals surface area contributed by atoms with E-state index in [0.717, 1.165) is 5.57 Å². The van der Waals surface area contributed by atoms with E-state index in [1.165, 1.54) is 4.90 Å². The maximum absolute atomic E-state index is 13.2. The van der Waals surface area contributed by atoms with E-state index in [2.05, 4.69) is 0 Å². The van der Waals surface area contributed by atoms with Gasteiger partial charge in [0.15, 0.2) is 0 Å². The Balaban J connectivity index is 1.88. The van der Waals surface area contributed by atoms with Crippen molar-refractivity contribution in [2.45, 2.75) is 13.0 Å². The third kappa shape index (κ3) is 1.90. The van der Waals surface area contributed by atoms with Gasteiger partial charge in [0, 0.05) is 13.0 Å². The van der Waals surface area contributed by atoms with E-state index in [0.29, 0.717) is 11.4 Å². The van der Waals surface area contributed by atoms with E-state index in [1.807, 2.05) is 36.1 Å². The number of para-hydroxylation sites is 1. The van der Waals surface area contributed by atoms with E-state index < -0.39 is 17.8 Å². The van der Waals surface area contributed by atoms with Crippen LogP contribution in [0.2, 0.25) is 0 Å². The molecule has 128 valence electrons. The second kappa shape index (κ2) is 5.57. The van der Waals surface area contributed by atoms with Crippen molar-refractivity contribution >= 4 is 17.5 Å². The predicted molar refractivity (Wildman–Crippen MR) is 93.0 cm³/mol. The number of carbonyl (C=O) groups excluding carboxylic acids is 2. The molecule has 1 aliphatic carbocycles. The summed E-state index contributed by atoms with van der Waals surface area (Å²) in [5, 5.41) is 18.7. The van der Waals surface area contributed by atoms with Crippen LogP contribution in [0.15, 0.2) is 53.3 Å². The molecule has 3 heterocycles. The fourth-order valence-electron chi connectivity index (χ4n) is 4.69.